The van der Waals surface area contributed by atoms with Crippen LogP contribution < -0.4 is 15.5 Å². The molecule has 0 atom stereocenters. The van der Waals surface area contributed by atoms with Gasteiger partial charge < -0.3 is 15.5 Å². The molecule has 2 aromatic rings. The van der Waals surface area contributed by atoms with Crippen LogP contribution in [0.3, 0.4) is 0 Å². The minimum absolute atomic E-state index is 0.0335. The lowest BCUT2D eigenvalue weighted by molar-refractivity contribution is -0.116. The standard InChI is InChI=1S/C19H24N4O/c24-19(9-12-21-15-16-7-10-20-11-8-16)22-17-3-5-18(6-4-17)23-13-1-2-14-23/h3-8,10-11,21H,1-2,9,12-15H2,(H,22,24). The molecule has 5 heteroatoms. The molecular weight excluding hydrogens is 300 g/mol. The largest absolute Gasteiger partial charge is 0.372 e. The van der Waals surface area contributed by atoms with Crippen molar-refractivity contribution in [2.75, 3.05) is 29.9 Å². The van der Waals surface area contributed by atoms with Gasteiger partial charge in [0.2, 0.25) is 5.91 Å². The lowest BCUT2D eigenvalue weighted by Crippen LogP contribution is -2.21. The van der Waals surface area contributed by atoms with E-state index in [2.05, 4.69) is 32.7 Å². The molecule has 1 fully saturated rings. The molecule has 5 nitrogen and oxygen atoms in total. The van der Waals surface area contributed by atoms with Gasteiger partial charge in [-0.3, -0.25) is 9.78 Å². The van der Waals surface area contributed by atoms with Crippen LogP contribution in [0, 0.1) is 0 Å². The minimum atomic E-state index is 0.0335. The molecule has 0 saturated carbocycles. The van der Waals surface area contributed by atoms with E-state index in [4.69, 9.17) is 0 Å². The lowest BCUT2D eigenvalue weighted by atomic mass is 10.2. The predicted molar refractivity (Wildman–Crippen MR) is 97.1 cm³/mol. The highest BCUT2D eigenvalue weighted by Gasteiger charge is 2.12. The van der Waals surface area contributed by atoms with Crippen molar-refractivity contribution in [2.45, 2.75) is 25.8 Å². The van der Waals surface area contributed by atoms with Gasteiger partial charge in [0.1, 0.15) is 0 Å². The molecule has 0 radical (unpaired) electrons. The van der Waals surface area contributed by atoms with Gasteiger partial charge in [-0.2, -0.15) is 0 Å². The van der Waals surface area contributed by atoms with Crippen molar-refractivity contribution in [1.82, 2.24) is 10.3 Å². The average Bonchev–Trinajstić information content (AvgIpc) is 3.15. The summed E-state index contributed by atoms with van der Waals surface area (Å²) in [4.78, 5) is 18.4. The van der Waals surface area contributed by atoms with E-state index in [1.165, 1.54) is 24.1 Å². The maximum absolute atomic E-state index is 12.0. The Labute approximate surface area is 143 Å². The summed E-state index contributed by atoms with van der Waals surface area (Å²) >= 11 is 0. The van der Waals surface area contributed by atoms with Gasteiger partial charge in [-0.15, -0.1) is 0 Å². The van der Waals surface area contributed by atoms with E-state index < -0.39 is 0 Å². The van der Waals surface area contributed by atoms with Crippen LogP contribution in [-0.2, 0) is 11.3 Å². The number of rotatable bonds is 7. The summed E-state index contributed by atoms with van der Waals surface area (Å²) in [6.45, 7) is 3.67. The molecule has 1 aliphatic heterocycles. The number of hydrogen-bond donors (Lipinski definition) is 2. The van der Waals surface area contributed by atoms with Gasteiger partial charge >= 0.3 is 0 Å². The van der Waals surface area contributed by atoms with Crippen molar-refractivity contribution in [3.05, 3.63) is 54.4 Å². The number of nitrogens with zero attached hydrogens (tertiary/aromatic N) is 2. The van der Waals surface area contributed by atoms with Crippen molar-refractivity contribution in [3.63, 3.8) is 0 Å². The van der Waals surface area contributed by atoms with Crippen molar-refractivity contribution < 1.29 is 4.79 Å². The summed E-state index contributed by atoms with van der Waals surface area (Å²) in [5.74, 6) is 0.0335. The molecule has 0 bridgehead atoms. The molecule has 3 rings (SSSR count). The maximum Gasteiger partial charge on any atom is 0.225 e. The second-order valence-electron chi connectivity index (χ2n) is 6.07. The number of hydrogen-bond acceptors (Lipinski definition) is 4. The zero-order valence-electron chi connectivity index (χ0n) is 13.9. The van der Waals surface area contributed by atoms with Crippen LogP contribution in [0.25, 0.3) is 0 Å². The number of aromatic nitrogens is 1. The predicted octanol–water partition coefficient (Wildman–Crippen LogP) is 2.80. The third kappa shape index (κ3) is 4.80. The van der Waals surface area contributed by atoms with Gasteiger partial charge in [0, 0.05) is 56.4 Å². The molecule has 1 aromatic carbocycles. The topological polar surface area (TPSA) is 57.3 Å². The molecule has 0 spiro atoms. The average molecular weight is 324 g/mol. The van der Waals surface area contributed by atoms with Gasteiger partial charge in [-0.05, 0) is 54.8 Å². The van der Waals surface area contributed by atoms with Crippen LogP contribution in [0.15, 0.2) is 48.8 Å². The number of benzene rings is 1. The highest BCUT2D eigenvalue weighted by molar-refractivity contribution is 5.91. The van der Waals surface area contributed by atoms with Crippen molar-refractivity contribution in [1.29, 1.82) is 0 Å². The van der Waals surface area contributed by atoms with Crippen molar-refractivity contribution >= 4 is 17.3 Å². The fraction of sp³-hybridized carbons (Fsp3) is 0.368. The van der Waals surface area contributed by atoms with Gasteiger partial charge in [-0.25, -0.2) is 0 Å². The molecular formula is C19H24N4O. The van der Waals surface area contributed by atoms with Crippen LogP contribution in [0.5, 0.6) is 0 Å². The van der Waals surface area contributed by atoms with E-state index in [-0.39, 0.29) is 5.91 Å². The highest BCUT2D eigenvalue weighted by Crippen LogP contribution is 2.22. The van der Waals surface area contributed by atoms with E-state index in [1.807, 2.05) is 24.3 Å². The first-order valence-electron chi connectivity index (χ1n) is 8.56. The maximum atomic E-state index is 12.0. The summed E-state index contributed by atoms with van der Waals surface area (Å²) in [7, 11) is 0. The highest BCUT2D eigenvalue weighted by atomic mass is 16.1. The van der Waals surface area contributed by atoms with Crippen molar-refractivity contribution in [2.24, 2.45) is 0 Å². The summed E-state index contributed by atoms with van der Waals surface area (Å²) in [6.07, 6.45) is 6.54. The Morgan fingerprint density at radius 2 is 1.75 bits per heavy atom. The zero-order chi connectivity index (χ0) is 16.6. The second-order valence-corrected chi connectivity index (χ2v) is 6.07. The Kier molecular flexibility index (Phi) is 5.80. The Hall–Kier alpha value is -2.40. The van der Waals surface area contributed by atoms with E-state index in [9.17, 15) is 4.79 Å². The molecule has 1 amide bonds. The minimum Gasteiger partial charge on any atom is -0.372 e. The van der Waals surface area contributed by atoms with Gasteiger partial charge in [-0.1, -0.05) is 0 Å². The third-order valence-corrected chi connectivity index (χ3v) is 4.23. The number of pyridine rings is 1. The summed E-state index contributed by atoms with van der Waals surface area (Å²) in [5.41, 5.74) is 3.27. The smallest absolute Gasteiger partial charge is 0.225 e. The molecule has 24 heavy (non-hydrogen) atoms. The van der Waals surface area contributed by atoms with E-state index in [1.54, 1.807) is 12.4 Å². The van der Waals surface area contributed by atoms with Crippen molar-refractivity contribution in [3.8, 4) is 0 Å². The number of anilines is 2. The van der Waals surface area contributed by atoms with Crippen LogP contribution >= 0.6 is 0 Å². The normalized spacial score (nSPS) is 13.9. The van der Waals surface area contributed by atoms with Crippen LogP contribution in [0.1, 0.15) is 24.8 Å². The van der Waals surface area contributed by atoms with Crippen LogP contribution in [-0.4, -0.2) is 30.5 Å². The van der Waals surface area contributed by atoms with Gasteiger partial charge in [0.05, 0.1) is 0 Å². The van der Waals surface area contributed by atoms with Crippen LogP contribution in [0.2, 0.25) is 0 Å². The first-order chi connectivity index (χ1) is 11.8. The van der Waals surface area contributed by atoms with Gasteiger partial charge in [0.25, 0.3) is 0 Å². The van der Waals surface area contributed by atoms with E-state index in [0.717, 1.165) is 25.3 Å². The van der Waals surface area contributed by atoms with E-state index >= 15 is 0 Å². The third-order valence-electron chi connectivity index (χ3n) is 4.23. The fourth-order valence-electron chi connectivity index (χ4n) is 2.89. The van der Waals surface area contributed by atoms with Gasteiger partial charge in [0.15, 0.2) is 0 Å². The first kappa shape index (κ1) is 16.5. The molecule has 1 aromatic heterocycles. The Bertz CT molecular complexity index is 636. The molecule has 0 unspecified atom stereocenters. The molecule has 2 heterocycles. The summed E-state index contributed by atoms with van der Waals surface area (Å²) < 4.78 is 0. The second kappa shape index (κ2) is 8.45. The summed E-state index contributed by atoms with van der Waals surface area (Å²) in [6, 6.07) is 12.1. The fourth-order valence-corrected chi connectivity index (χ4v) is 2.89. The van der Waals surface area contributed by atoms with Crippen LogP contribution in [0.4, 0.5) is 11.4 Å². The Morgan fingerprint density at radius 3 is 2.46 bits per heavy atom. The number of carbonyl (C=O) groups excluding carboxylic acids is 1. The number of amides is 1. The Morgan fingerprint density at radius 1 is 1.04 bits per heavy atom. The number of nitrogens with one attached hydrogen (secondary N) is 2. The molecule has 2 N–H and O–H groups in total. The monoisotopic (exact) mass is 324 g/mol. The molecule has 1 saturated heterocycles. The van der Waals surface area contributed by atoms with E-state index in [0.29, 0.717) is 13.0 Å². The quantitative estimate of drug-likeness (QED) is 0.769. The first-order valence-corrected chi connectivity index (χ1v) is 8.56. The summed E-state index contributed by atoms with van der Waals surface area (Å²) in [5, 5.41) is 6.22. The zero-order valence-corrected chi connectivity index (χ0v) is 13.9. The molecule has 1 aliphatic rings. The SMILES string of the molecule is O=C(CCNCc1ccncc1)Nc1ccc(N2CCCC2)cc1. The lowest BCUT2D eigenvalue weighted by Gasteiger charge is -2.17. The number of carbonyl (C=O) groups is 1. The molecule has 126 valence electrons. The Balaban J connectivity index is 1.38. The molecule has 0 aliphatic carbocycles.